The molecule has 1 heterocycles. The number of hydrogen-bond acceptors (Lipinski definition) is 2. The van der Waals surface area contributed by atoms with Crippen molar-refractivity contribution in [3.63, 3.8) is 0 Å². The number of carboxylic acids is 1. The maximum Gasteiger partial charge on any atom is 0.314 e. The Kier molecular flexibility index (Phi) is 5.05. The molecule has 0 radical (unpaired) electrons. The third-order valence-corrected chi connectivity index (χ3v) is 5.74. The minimum atomic E-state index is -0.960. The second-order valence-corrected chi connectivity index (χ2v) is 7.68. The summed E-state index contributed by atoms with van der Waals surface area (Å²) in [6.07, 6.45) is 0.745. The zero-order valence-corrected chi connectivity index (χ0v) is 15.6. The molecule has 1 fully saturated rings. The minimum absolute atomic E-state index is 0.0684. The third-order valence-electron chi connectivity index (χ3n) is 5.74. The minimum Gasteiger partial charge on any atom is -0.481 e. The average Bonchev–Trinajstić information content (AvgIpc) is 2.68. The number of rotatable bonds is 4. The Morgan fingerprint density at radius 2 is 1.56 bits per heavy atom. The van der Waals surface area contributed by atoms with Crippen molar-refractivity contribution in [1.29, 1.82) is 0 Å². The van der Waals surface area contributed by atoms with Crippen molar-refractivity contribution in [2.24, 2.45) is 0 Å². The van der Waals surface area contributed by atoms with Crippen LogP contribution >= 0.6 is 0 Å². The highest BCUT2D eigenvalue weighted by Gasteiger charge is 2.45. The van der Waals surface area contributed by atoms with Crippen LogP contribution in [0.3, 0.4) is 0 Å². The van der Waals surface area contributed by atoms with E-state index >= 15 is 0 Å². The van der Waals surface area contributed by atoms with E-state index < -0.39 is 16.8 Å². The molecule has 0 saturated carbocycles. The molecule has 0 unspecified atom stereocenters. The van der Waals surface area contributed by atoms with Crippen LogP contribution in [0.5, 0.6) is 0 Å². The fraction of sp³-hybridized carbons (Fsp3) is 0.364. The van der Waals surface area contributed by atoms with Crippen molar-refractivity contribution >= 4 is 11.9 Å². The molecular formula is C22H24FNO3. The molecule has 1 N–H and O–H groups in total. The predicted molar refractivity (Wildman–Crippen MR) is 101 cm³/mol. The fourth-order valence-electron chi connectivity index (χ4n) is 3.86. The standard InChI is InChI=1S/C22H24FNO3/c1-21(2,16-8-10-18(23)11-9-16)19(25)24-14-12-22(13-15-24,20(26)27)17-6-4-3-5-7-17/h3-11H,12-15H2,1-2H3,(H,26,27). The third kappa shape index (κ3) is 3.46. The smallest absolute Gasteiger partial charge is 0.314 e. The van der Waals surface area contributed by atoms with Crippen molar-refractivity contribution in [2.45, 2.75) is 37.5 Å². The SMILES string of the molecule is CC(C)(C(=O)N1CCC(C(=O)O)(c2ccccc2)CC1)c1ccc(F)cc1. The number of nitrogens with zero attached hydrogens (tertiary/aromatic N) is 1. The number of carbonyl (C=O) groups excluding carboxylic acids is 1. The highest BCUT2D eigenvalue weighted by atomic mass is 19.1. The van der Waals surface area contributed by atoms with Gasteiger partial charge in [-0.1, -0.05) is 42.5 Å². The lowest BCUT2D eigenvalue weighted by molar-refractivity contribution is -0.149. The van der Waals surface area contributed by atoms with Crippen LogP contribution in [0.15, 0.2) is 54.6 Å². The second kappa shape index (κ2) is 7.14. The lowest BCUT2D eigenvalue weighted by Gasteiger charge is -2.41. The zero-order valence-electron chi connectivity index (χ0n) is 15.6. The number of piperidine rings is 1. The van der Waals surface area contributed by atoms with E-state index in [4.69, 9.17) is 0 Å². The van der Waals surface area contributed by atoms with Crippen molar-refractivity contribution in [2.75, 3.05) is 13.1 Å². The number of carboxylic acid groups (broad SMARTS) is 1. The molecule has 1 aliphatic rings. The topological polar surface area (TPSA) is 57.6 Å². The predicted octanol–water partition coefficient (Wildman–Crippen LogP) is 3.75. The Morgan fingerprint density at radius 1 is 1.00 bits per heavy atom. The van der Waals surface area contributed by atoms with Crippen molar-refractivity contribution in [3.8, 4) is 0 Å². The molecule has 1 saturated heterocycles. The monoisotopic (exact) mass is 369 g/mol. The van der Waals surface area contributed by atoms with Gasteiger partial charge in [-0.2, -0.15) is 0 Å². The summed E-state index contributed by atoms with van der Waals surface area (Å²) in [6, 6.07) is 15.2. The number of aliphatic carboxylic acids is 1. The lowest BCUT2D eigenvalue weighted by Crippen LogP contribution is -2.52. The molecule has 2 aromatic rings. The Labute approximate surface area is 158 Å². The van der Waals surface area contributed by atoms with Gasteiger partial charge in [-0.25, -0.2) is 4.39 Å². The van der Waals surface area contributed by atoms with Crippen LogP contribution < -0.4 is 0 Å². The van der Waals surface area contributed by atoms with Crippen LogP contribution in [-0.2, 0) is 20.4 Å². The van der Waals surface area contributed by atoms with E-state index in [1.54, 1.807) is 17.0 Å². The summed E-state index contributed by atoms with van der Waals surface area (Å²) in [5.74, 6) is -1.26. The molecule has 0 spiro atoms. The Balaban J connectivity index is 1.79. The maximum atomic E-state index is 13.2. The van der Waals surface area contributed by atoms with Gasteiger partial charge < -0.3 is 10.0 Å². The van der Waals surface area contributed by atoms with Crippen molar-refractivity contribution in [1.82, 2.24) is 4.90 Å². The molecule has 27 heavy (non-hydrogen) atoms. The van der Waals surface area contributed by atoms with Gasteiger partial charge in [-0.05, 0) is 49.9 Å². The van der Waals surface area contributed by atoms with Gasteiger partial charge in [0.05, 0.1) is 10.8 Å². The molecule has 1 aliphatic heterocycles. The summed E-state index contributed by atoms with van der Waals surface area (Å²) in [6.45, 7) is 4.40. The number of likely N-dealkylation sites (tertiary alicyclic amines) is 1. The first kappa shape index (κ1) is 19.1. The fourth-order valence-corrected chi connectivity index (χ4v) is 3.86. The largest absolute Gasteiger partial charge is 0.481 e. The molecule has 0 aromatic heterocycles. The molecule has 3 rings (SSSR count). The molecule has 142 valence electrons. The van der Waals surface area contributed by atoms with Crippen LogP contribution in [0, 0.1) is 5.82 Å². The van der Waals surface area contributed by atoms with Crippen LogP contribution in [0.4, 0.5) is 4.39 Å². The van der Waals surface area contributed by atoms with Crippen LogP contribution in [0.2, 0.25) is 0 Å². The quantitative estimate of drug-likeness (QED) is 0.893. The molecule has 1 amide bonds. The molecular weight excluding hydrogens is 345 g/mol. The van der Waals surface area contributed by atoms with E-state index in [0.717, 1.165) is 11.1 Å². The summed E-state index contributed by atoms with van der Waals surface area (Å²) in [5, 5.41) is 9.89. The average molecular weight is 369 g/mol. The van der Waals surface area contributed by atoms with Crippen molar-refractivity contribution in [3.05, 3.63) is 71.5 Å². The number of halogens is 1. The van der Waals surface area contributed by atoms with Gasteiger partial charge in [0.1, 0.15) is 5.82 Å². The number of amides is 1. The molecule has 5 heteroatoms. The Morgan fingerprint density at radius 3 is 2.07 bits per heavy atom. The summed E-state index contributed by atoms with van der Waals surface area (Å²) < 4.78 is 13.2. The van der Waals surface area contributed by atoms with E-state index in [9.17, 15) is 19.1 Å². The summed E-state index contributed by atoms with van der Waals surface area (Å²) in [4.78, 5) is 26.9. The molecule has 0 bridgehead atoms. The van der Waals surface area contributed by atoms with Gasteiger partial charge in [-0.15, -0.1) is 0 Å². The highest BCUT2D eigenvalue weighted by molar-refractivity contribution is 5.88. The van der Waals surface area contributed by atoms with Crippen LogP contribution in [0.1, 0.15) is 37.8 Å². The van der Waals surface area contributed by atoms with E-state index in [0.29, 0.717) is 25.9 Å². The summed E-state index contributed by atoms with van der Waals surface area (Å²) >= 11 is 0. The van der Waals surface area contributed by atoms with E-state index in [2.05, 4.69) is 0 Å². The van der Waals surface area contributed by atoms with Crippen LogP contribution in [0.25, 0.3) is 0 Å². The number of hydrogen-bond donors (Lipinski definition) is 1. The zero-order chi connectivity index (χ0) is 19.7. The summed E-state index contributed by atoms with van der Waals surface area (Å²) in [5.41, 5.74) is -0.240. The summed E-state index contributed by atoms with van der Waals surface area (Å²) in [7, 11) is 0. The first-order valence-corrected chi connectivity index (χ1v) is 9.12. The molecule has 2 aromatic carbocycles. The second-order valence-electron chi connectivity index (χ2n) is 7.68. The van der Waals surface area contributed by atoms with Crippen molar-refractivity contribution < 1.29 is 19.1 Å². The van der Waals surface area contributed by atoms with Gasteiger partial charge in [0, 0.05) is 13.1 Å². The highest BCUT2D eigenvalue weighted by Crippen LogP contribution is 2.37. The molecule has 4 nitrogen and oxygen atoms in total. The van der Waals surface area contributed by atoms with Gasteiger partial charge in [0.2, 0.25) is 5.91 Å². The Hall–Kier alpha value is -2.69. The first-order chi connectivity index (χ1) is 12.8. The first-order valence-electron chi connectivity index (χ1n) is 9.12. The lowest BCUT2D eigenvalue weighted by atomic mass is 9.72. The van der Waals surface area contributed by atoms with E-state index in [1.165, 1.54) is 12.1 Å². The number of carbonyl (C=O) groups is 2. The van der Waals surface area contributed by atoms with Gasteiger partial charge in [0.25, 0.3) is 0 Å². The normalized spacial score (nSPS) is 16.8. The molecule has 0 atom stereocenters. The molecule has 0 aliphatic carbocycles. The van der Waals surface area contributed by atoms with Gasteiger partial charge >= 0.3 is 5.97 Å². The number of benzene rings is 2. The van der Waals surface area contributed by atoms with Gasteiger partial charge in [-0.3, -0.25) is 9.59 Å². The Bertz CT molecular complexity index is 822. The van der Waals surface area contributed by atoms with E-state index in [-0.39, 0.29) is 11.7 Å². The van der Waals surface area contributed by atoms with E-state index in [1.807, 2.05) is 44.2 Å². The van der Waals surface area contributed by atoms with Crippen LogP contribution in [-0.4, -0.2) is 35.0 Å². The van der Waals surface area contributed by atoms with Gasteiger partial charge in [0.15, 0.2) is 0 Å². The maximum absolute atomic E-state index is 13.2.